The van der Waals surface area contributed by atoms with E-state index in [9.17, 15) is 4.79 Å². The zero-order valence-electron chi connectivity index (χ0n) is 11.4. The molecular weight excluding hydrogens is 230 g/mol. The van der Waals surface area contributed by atoms with Crippen molar-refractivity contribution in [3.63, 3.8) is 0 Å². The average molecular weight is 251 g/mol. The molecule has 1 aromatic rings. The molecule has 0 bridgehead atoms. The molecule has 0 radical (unpaired) electrons. The van der Waals surface area contributed by atoms with Crippen LogP contribution in [0.25, 0.3) is 0 Å². The molecule has 0 aliphatic carbocycles. The lowest BCUT2D eigenvalue weighted by Gasteiger charge is -2.22. The first-order valence-electron chi connectivity index (χ1n) is 6.04. The third-order valence-electron chi connectivity index (χ3n) is 2.73. The summed E-state index contributed by atoms with van der Waals surface area (Å²) >= 11 is 0. The molecular formula is C12H21N5O. The topological polar surface area (TPSA) is 84.1 Å². The van der Waals surface area contributed by atoms with Gasteiger partial charge in [0.25, 0.3) is 0 Å². The van der Waals surface area contributed by atoms with Crippen LogP contribution < -0.4 is 16.0 Å². The monoisotopic (exact) mass is 251 g/mol. The summed E-state index contributed by atoms with van der Waals surface area (Å²) in [6.07, 6.45) is 0.733. The van der Waals surface area contributed by atoms with Crippen LogP contribution >= 0.6 is 0 Å². The first-order chi connectivity index (χ1) is 8.47. The highest BCUT2D eigenvalue weighted by Gasteiger charge is 2.15. The molecule has 100 valence electrons. The number of hydrogen-bond donors (Lipinski definition) is 2. The smallest absolute Gasteiger partial charge is 0.224 e. The van der Waals surface area contributed by atoms with E-state index in [0.29, 0.717) is 18.2 Å². The zero-order chi connectivity index (χ0) is 13.7. The molecule has 1 rings (SSSR count). The maximum Gasteiger partial charge on any atom is 0.224 e. The number of rotatable bonds is 5. The Bertz CT molecular complexity index is 421. The highest BCUT2D eigenvalue weighted by Crippen LogP contribution is 2.14. The molecule has 3 N–H and O–H groups in total. The maximum absolute atomic E-state index is 11.5. The van der Waals surface area contributed by atoms with E-state index in [1.807, 2.05) is 25.8 Å². The highest BCUT2D eigenvalue weighted by molar-refractivity contribution is 5.78. The lowest BCUT2D eigenvalue weighted by Crippen LogP contribution is -2.34. The summed E-state index contributed by atoms with van der Waals surface area (Å²) in [5.74, 6) is 1.82. The fraction of sp³-hybridized carbons (Fsp3) is 0.583. The van der Waals surface area contributed by atoms with Gasteiger partial charge in [0.15, 0.2) is 0 Å². The van der Waals surface area contributed by atoms with Crippen LogP contribution in [0.5, 0.6) is 0 Å². The Hall–Kier alpha value is -1.85. The first-order valence-corrected chi connectivity index (χ1v) is 6.04. The minimum Gasteiger partial charge on any atom is -0.384 e. The summed E-state index contributed by atoms with van der Waals surface area (Å²) in [4.78, 5) is 21.9. The summed E-state index contributed by atoms with van der Waals surface area (Å²) in [5.41, 5.74) is 5.73. The minimum absolute atomic E-state index is 0.0135. The van der Waals surface area contributed by atoms with Crippen LogP contribution in [0.3, 0.4) is 0 Å². The van der Waals surface area contributed by atoms with Gasteiger partial charge in [-0.05, 0) is 0 Å². The molecule has 0 aromatic carbocycles. The fourth-order valence-electron chi connectivity index (χ4n) is 1.69. The van der Waals surface area contributed by atoms with Gasteiger partial charge >= 0.3 is 0 Å². The van der Waals surface area contributed by atoms with Crippen molar-refractivity contribution in [1.82, 2.24) is 15.3 Å². The van der Waals surface area contributed by atoms with E-state index >= 15 is 0 Å². The molecule has 1 heterocycles. The standard InChI is InChI=1S/C12H21N5O/c1-5-10-15-9(13)6-11(16-10)17(4)7-8(2)12(18)14-3/h6,8H,5,7H2,1-4H3,(H,14,18)(H2,13,15,16). The second kappa shape index (κ2) is 6.18. The highest BCUT2D eigenvalue weighted by atomic mass is 16.1. The van der Waals surface area contributed by atoms with Crippen molar-refractivity contribution in [3.8, 4) is 0 Å². The Morgan fingerprint density at radius 1 is 1.56 bits per heavy atom. The van der Waals surface area contributed by atoms with Gasteiger partial charge in [-0.25, -0.2) is 9.97 Å². The van der Waals surface area contributed by atoms with Gasteiger partial charge in [-0.15, -0.1) is 0 Å². The van der Waals surface area contributed by atoms with E-state index in [1.54, 1.807) is 13.1 Å². The molecule has 1 atom stereocenters. The lowest BCUT2D eigenvalue weighted by atomic mass is 10.1. The molecule has 1 aromatic heterocycles. The second-order valence-corrected chi connectivity index (χ2v) is 4.32. The van der Waals surface area contributed by atoms with Crippen molar-refractivity contribution in [1.29, 1.82) is 0 Å². The Balaban J connectivity index is 2.80. The second-order valence-electron chi connectivity index (χ2n) is 4.32. The molecule has 6 heteroatoms. The van der Waals surface area contributed by atoms with Gasteiger partial charge in [0.2, 0.25) is 5.91 Å². The number of carbonyl (C=O) groups is 1. The van der Waals surface area contributed by atoms with Crippen molar-refractivity contribution in [2.45, 2.75) is 20.3 Å². The van der Waals surface area contributed by atoms with E-state index in [1.165, 1.54) is 0 Å². The van der Waals surface area contributed by atoms with Gasteiger partial charge in [0.05, 0.1) is 5.92 Å². The van der Waals surface area contributed by atoms with Crippen LogP contribution in [0.1, 0.15) is 19.7 Å². The van der Waals surface area contributed by atoms with Gasteiger partial charge in [-0.1, -0.05) is 13.8 Å². The quantitative estimate of drug-likeness (QED) is 0.793. The number of hydrogen-bond acceptors (Lipinski definition) is 5. The van der Waals surface area contributed by atoms with Crippen LogP contribution in [0.15, 0.2) is 6.07 Å². The number of amides is 1. The number of nitrogen functional groups attached to an aromatic ring is 1. The summed E-state index contributed by atoms with van der Waals surface area (Å²) in [6, 6.07) is 1.72. The van der Waals surface area contributed by atoms with Crippen molar-refractivity contribution >= 4 is 17.5 Å². The molecule has 0 aliphatic rings. The number of aromatic nitrogens is 2. The minimum atomic E-state index is -0.110. The van der Waals surface area contributed by atoms with Crippen molar-refractivity contribution in [2.24, 2.45) is 5.92 Å². The fourth-order valence-corrected chi connectivity index (χ4v) is 1.69. The van der Waals surface area contributed by atoms with Crippen LogP contribution in [0.2, 0.25) is 0 Å². The summed E-state index contributed by atoms with van der Waals surface area (Å²) in [6.45, 7) is 4.44. The molecule has 1 amide bonds. The molecule has 18 heavy (non-hydrogen) atoms. The number of anilines is 2. The van der Waals surface area contributed by atoms with Gasteiger partial charge < -0.3 is 16.0 Å². The number of nitrogens with one attached hydrogen (secondary N) is 1. The predicted molar refractivity (Wildman–Crippen MR) is 72.3 cm³/mol. The van der Waals surface area contributed by atoms with Gasteiger partial charge in [0.1, 0.15) is 17.5 Å². The van der Waals surface area contributed by atoms with Crippen LogP contribution in [-0.2, 0) is 11.2 Å². The molecule has 0 fully saturated rings. The molecule has 0 spiro atoms. The Labute approximate surface area is 108 Å². The maximum atomic E-state index is 11.5. The number of nitrogens with zero attached hydrogens (tertiary/aromatic N) is 3. The van der Waals surface area contributed by atoms with E-state index < -0.39 is 0 Å². The first kappa shape index (κ1) is 14.2. The lowest BCUT2D eigenvalue weighted by molar-refractivity contribution is -0.123. The van der Waals surface area contributed by atoms with Crippen LogP contribution in [-0.4, -0.2) is 36.5 Å². The van der Waals surface area contributed by atoms with Crippen LogP contribution in [0.4, 0.5) is 11.6 Å². The number of aryl methyl sites for hydroxylation is 1. The molecule has 1 unspecified atom stereocenters. The predicted octanol–water partition coefficient (Wildman–Crippen LogP) is 0.440. The van der Waals surface area contributed by atoms with E-state index in [-0.39, 0.29) is 11.8 Å². The SMILES string of the molecule is CCc1nc(N)cc(N(C)CC(C)C(=O)NC)n1. The number of carbonyl (C=O) groups excluding carboxylic acids is 1. The molecule has 0 saturated heterocycles. The van der Waals surface area contributed by atoms with Gasteiger partial charge in [0, 0.05) is 33.1 Å². The van der Waals surface area contributed by atoms with E-state index in [2.05, 4.69) is 15.3 Å². The normalized spacial score (nSPS) is 12.0. The summed E-state index contributed by atoms with van der Waals surface area (Å²) < 4.78 is 0. The van der Waals surface area contributed by atoms with Crippen molar-refractivity contribution < 1.29 is 4.79 Å². The summed E-state index contributed by atoms with van der Waals surface area (Å²) in [7, 11) is 3.53. The van der Waals surface area contributed by atoms with E-state index in [4.69, 9.17) is 5.73 Å². The van der Waals surface area contributed by atoms with E-state index in [0.717, 1.165) is 12.2 Å². The molecule has 0 saturated carbocycles. The zero-order valence-corrected chi connectivity index (χ0v) is 11.4. The van der Waals surface area contributed by atoms with Gasteiger partial charge in [-0.2, -0.15) is 0 Å². The molecule has 6 nitrogen and oxygen atoms in total. The van der Waals surface area contributed by atoms with Crippen molar-refractivity contribution in [3.05, 3.63) is 11.9 Å². The third-order valence-corrected chi connectivity index (χ3v) is 2.73. The molecule has 0 aliphatic heterocycles. The van der Waals surface area contributed by atoms with Crippen LogP contribution in [0, 0.1) is 5.92 Å². The largest absolute Gasteiger partial charge is 0.384 e. The summed E-state index contributed by atoms with van der Waals surface area (Å²) in [5, 5.41) is 2.63. The Kier molecular flexibility index (Phi) is 4.88. The van der Waals surface area contributed by atoms with Gasteiger partial charge in [-0.3, -0.25) is 4.79 Å². The Morgan fingerprint density at radius 2 is 2.22 bits per heavy atom. The van der Waals surface area contributed by atoms with Crippen molar-refractivity contribution in [2.75, 3.05) is 31.3 Å². The number of nitrogens with two attached hydrogens (primary N) is 1. The third kappa shape index (κ3) is 3.58. The Morgan fingerprint density at radius 3 is 2.78 bits per heavy atom. The average Bonchev–Trinajstić information content (AvgIpc) is 2.36.